The van der Waals surface area contributed by atoms with Gasteiger partial charge in [-0.15, -0.1) is 0 Å². The normalized spacial score (nSPS) is 10.7. The van der Waals surface area contributed by atoms with Gasteiger partial charge in [0.05, 0.1) is 0 Å². The van der Waals surface area contributed by atoms with Gasteiger partial charge in [0.25, 0.3) is 5.91 Å². The second-order valence-corrected chi connectivity index (χ2v) is 7.86. The number of benzene rings is 3. The van der Waals surface area contributed by atoms with Gasteiger partial charge in [-0.25, -0.2) is 0 Å². The van der Waals surface area contributed by atoms with Crippen LogP contribution in [-0.4, -0.2) is 16.0 Å². The zero-order chi connectivity index (χ0) is 22.5. The third-order valence-corrected chi connectivity index (χ3v) is 5.53. The minimum atomic E-state index is -0.172. The van der Waals surface area contributed by atoms with E-state index in [2.05, 4.69) is 41.5 Å². The average molecular weight is 423 g/mol. The van der Waals surface area contributed by atoms with Gasteiger partial charge < -0.3 is 10.4 Å². The third-order valence-electron chi connectivity index (χ3n) is 5.53. The van der Waals surface area contributed by atoms with E-state index < -0.39 is 0 Å². The Kier molecular flexibility index (Phi) is 6.31. The summed E-state index contributed by atoms with van der Waals surface area (Å²) in [5.41, 5.74) is 7.12. The van der Waals surface area contributed by atoms with Crippen molar-refractivity contribution in [2.75, 3.05) is 0 Å². The van der Waals surface area contributed by atoms with Crippen molar-refractivity contribution in [3.05, 3.63) is 107 Å². The van der Waals surface area contributed by atoms with E-state index in [1.807, 2.05) is 49.4 Å². The van der Waals surface area contributed by atoms with Crippen LogP contribution in [0.25, 0.3) is 22.3 Å². The van der Waals surface area contributed by atoms with Crippen molar-refractivity contribution in [3.8, 4) is 28.0 Å². The zero-order valence-electron chi connectivity index (χ0n) is 18.3. The van der Waals surface area contributed by atoms with Crippen molar-refractivity contribution in [2.24, 2.45) is 0 Å². The van der Waals surface area contributed by atoms with Crippen molar-refractivity contribution in [1.29, 1.82) is 0 Å². The fraction of sp³-hybridized carbons (Fsp3) is 0.143. The number of aromatic hydroxyl groups is 1. The standard InChI is InChI=1S/C28H26N2O2/c1-3-20-10-12-22(13-11-20)23-14-24(26-6-4-5-7-27(26)31)16-25(15-23)28(32)30-18-21-9-8-19(2)29-17-21/h4-17,31H,3,18H2,1-2H3,(H,30,32). The smallest absolute Gasteiger partial charge is 0.251 e. The molecule has 0 saturated carbocycles. The van der Waals surface area contributed by atoms with Crippen LogP contribution in [-0.2, 0) is 13.0 Å². The number of hydrogen-bond donors (Lipinski definition) is 2. The molecule has 1 amide bonds. The number of phenols is 1. The summed E-state index contributed by atoms with van der Waals surface area (Å²) in [7, 11) is 0. The largest absolute Gasteiger partial charge is 0.507 e. The number of para-hydroxylation sites is 1. The van der Waals surface area contributed by atoms with Gasteiger partial charge in [-0.1, -0.05) is 55.5 Å². The van der Waals surface area contributed by atoms with E-state index in [-0.39, 0.29) is 11.7 Å². The molecule has 0 spiro atoms. The third kappa shape index (κ3) is 4.86. The molecule has 4 heteroatoms. The molecule has 0 unspecified atom stereocenters. The maximum absolute atomic E-state index is 13.0. The number of hydrogen-bond acceptors (Lipinski definition) is 3. The SMILES string of the molecule is CCc1ccc(-c2cc(C(=O)NCc3ccc(C)nc3)cc(-c3ccccc3O)c2)cc1. The maximum Gasteiger partial charge on any atom is 0.251 e. The van der Waals surface area contributed by atoms with Crippen LogP contribution in [0.15, 0.2) is 85.1 Å². The number of aromatic nitrogens is 1. The molecule has 0 aliphatic carbocycles. The first-order chi connectivity index (χ1) is 15.5. The molecule has 2 N–H and O–H groups in total. The minimum absolute atomic E-state index is 0.172. The second kappa shape index (κ2) is 9.48. The zero-order valence-corrected chi connectivity index (χ0v) is 18.3. The summed E-state index contributed by atoms with van der Waals surface area (Å²) in [6.45, 7) is 4.45. The molecule has 3 aromatic carbocycles. The number of pyridine rings is 1. The molecule has 160 valence electrons. The van der Waals surface area contributed by atoms with Crippen LogP contribution < -0.4 is 5.32 Å². The molecule has 4 rings (SSSR count). The molecular formula is C28H26N2O2. The molecule has 32 heavy (non-hydrogen) atoms. The van der Waals surface area contributed by atoms with E-state index in [1.54, 1.807) is 18.3 Å². The molecule has 0 bridgehead atoms. The monoisotopic (exact) mass is 422 g/mol. The lowest BCUT2D eigenvalue weighted by Crippen LogP contribution is -2.23. The molecular weight excluding hydrogens is 396 g/mol. The highest BCUT2D eigenvalue weighted by Gasteiger charge is 2.13. The van der Waals surface area contributed by atoms with E-state index in [1.165, 1.54) is 5.56 Å². The molecule has 1 aromatic heterocycles. The summed E-state index contributed by atoms with van der Waals surface area (Å²) in [4.78, 5) is 17.3. The predicted octanol–water partition coefficient (Wildman–Crippen LogP) is 5.92. The van der Waals surface area contributed by atoms with Crippen LogP contribution in [0.3, 0.4) is 0 Å². The van der Waals surface area contributed by atoms with E-state index in [4.69, 9.17) is 0 Å². The van der Waals surface area contributed by atoms with Crippen LogP contribution in [0, 0.1) is 6.92 Å². The molecule has 4 nitrogen and oxygen atoms in total. The number of carbonyl (C=O) groups is 1. The molecule has 1 heterocycles. The lowest BCUT2D eigenvalue weighted by Gasteiger charge is -2.12. The van der Waals surface area contributed by atoms with Crippen LogP contribution in [0.4, 0.5) is 0 Å². The molecule has 0 saturated heterocycles. The maximum atomic E-state index is 13.0. The summed E-state index contributed by atoms with van der Waals surface area (Å²) in [5.74, 6) is 0.0114. The first kappa shape index (κ1) is 21.3. The fourth-order valence-electron chi connectivity index (χ4n) is 3.62. The average Bonchev–Trinajstić information content (AvgIpc) is 2.83. The molecule has 0 fully saturated rings. The minimum Gasteiger partial charge on any atom is -0.507 e. The van der Waals surface area contributed by atoms with Crippen molar-refractivity contribution in [2.45, 2.75) is 26.8 Å². The van der Waals surface area contributed by atoms with Gasteiger partial charge in [-0.05, 0) is 71.5 Å². The highest BCUT2D eigenvalue weighted by atomic mass is 16.3. The lowest BCUT2D eigenvalue weighted by molar-refractivity contribution is 0.0951. The number of amides is 1. The van der Waals surface area contributed by atoms with Gasteiger partial charge in [-0.3, -0.25) is 9.78 Å². The summed E-state index contributed by atoms with van der Waals surface area (Å²) in [6.07, 6.45) is 2.74. The van der Waals surface area contributed by atoms with Crippen LogP contribution >= 0.6 is 0 Å². The Morgan fingerprint density at radius 3 is 2.28 bits per heavy atom. The van der Waals surface area contributed by atoms with Crippen LogP contribution in [0.1, 0.15) is 34.1 Å². The van der Waals surface area contributed by atoms with Crippen LogP contribution in [0.2, 0.25) is 0 Å². The molecule has 0 aliphatic heterocycles. The number of phenolic OH excluding ortho intramolecular Hbond substituents is 1. The van der Waals surface area contributed by atoms with Crippen molar-refractivity contribution in [1.82, 2.24) is 10.3 Å². The number of nitrogens with one attached hydrogen (secondary N) is 1. The van der Waals surface area contributed by atoms with Gasteiger partial charge in [0.1, 0.15) is 5.75 Å². The van der Waals surface area contributed by atoms with Crippen molar-refractivity contribution in [3.63, 3.8) is 0 Å². The number of rotatable bonds is 6. The summed E-state index contributed by atoms with van der Waals surface area (Å²) >= 11 is 0. The Morgan fingerprint density at radius 2 is 1.59 bits per heavy atom. The highest BCUT2D eigenvalue weighted by molar-refractivity contribution is 5.97. The number of aryl methyl sites for hydroxylation is 2. The summed E-state index contributed by atoms with van der Waals surface area (Å²) < 4.78 is 0. The van der Waals surface area contributed by atoms with Gasteiger partial charge in [0.2, 0.25) is 0 Å². The first-order valence-corrected chi connectivity index (χ1v) is 10.8. The van der Waals surface area contributed by atoms with Gasteiger partial charge in [-0.2, -0.15) is 0 Å². The fourth-order valence-corrected chi connectivity index (χ4v) is 3.62. The van der Waals surface area contributed by atoms with Crippen LogP contribution in [0.5, 0.6) is 5.75 Å². The molecule has 4 aromatic rings. The van der Waals surface area contributed by atoms with Gasteiger partial charge >= 0.3 is 0 Å². The van der Waals surface area contributed by atoms with E-state index >= 15 is 0 Å². The number of nitrogens with zero attached hydrogens (tertiary/aromatic N) is 1. The Labute approximate surface area is 188 Å². The lowest BCUT2D eigenvalue weighted by atomic mass is 9.94. The van der Waals surface area contributed by atoms with E-state index in [0.29, 0.717) is 17.7 Å². The Morgan fingerprint density at radius 1 is 0.875 bits per heavy atom. The second-order valence-electron chi connectivity index (χ2n) is 7.86. The topological polar surface area (TPSA) is 62.2 Å². The summed E-state index contributed by atoms with van der Waals surface area (Å²) in [5, 5.41) is 13.4. The van der Waals surface area contributed by atoms with Gasteiger partial charge in [0, 0.05) is 29.6 Å². The number of carbonyl (C=O) groups excluding carboxylic acids is 1. The van der Waals surface area contributed by atoms with Gasteiger partial charge in [0.15, 0.2) is 0 Å². The molecule has 0 aliphatic rings. The van der Waals surface area contributed by atoms with E-state index in [9.17, 15) is 9.90 Å². The summed E-state index contributed by atoms with van der Waals surface area (Å²) in [6, 6.07) is 25.1. The van der Waals surface area contributed by atoms with Crippen molar-refractivity contribution < 1.29 is 9.90 Å². The Bertz CT molecular complexity index is 1230. The van der Waals surface area contributed by atoms with E-state index in [0.717, 1.165) is 34.4 Å². The Hall–Kier alpha value is -3.92. The predicted molar refractivity (Wildman–Crippen MR) is 129 cm³/mol. The first-order valence-electron chi connectivity index (χ1n) is 10.8. The Balaban J connectivity index is 1.69. The quantitative estimate of drug-likeness (QED) is 0.405. The van der Waals surface area contributed by atoms with Crippen molar-refractivity contribution >= 4 is 5.91 Å². The highest BCUT2D eigenvalue weighted by Crippen LogP contribution is 2.33. The molecule has 0 radical (unpaired) electrons. The molecule has 0 atom stereocenters.